The molecule has 1 aromatic carbocycles. The molecule has 2 aromatic heterocycles. The zero-order valence-electron chi connectivity index (χ0n) is 18.2. The minimum Gasteiger partial charge on any atom is -0.462 e. The van der Waals surface area contributed by atoms with Crippen LogP contribution in [-0.4, -0.2) is 20.9 Å². The number of amides is 1. The van der Waals surface area contributed by atoms with Crippen LogP contribution >= 0.6 is 0 Å². The van der Waals surface area contributed by atoms with Gasteiger partial charge in [0.15, 0.2) is 0 Å². The molecule has 1 atom stereocenters. The third-order valence-corrected chi connectivity index (χ3v) is 4.73. The highest BCUT2D eigenvalue weighted by molar-refractivity contribution is 5.98. The summed E-state index contributed by atoms with van der Waals surface area (Å²) in [7, 11) is 0. The summed E-state index contributed by atoms with van der Waals surface area (Å²) in [6.07, 6.45) is 9.73. The van der Waals surface area contributed by atoms with Gasteiger partial charge in [0, 0.05) is 18.2 Å². The Morgan fingerprint density at radius 3 is 2.58 bits per heavy atom. The van der Waals surface area contributed by atoms with E-state index in [9.17, 15) is 4.79 Å². The number of nitrogens with one attached hydrogen (secondary N) is 3. The van der Waals surface area contributed by atoms with Gasteiger partial charge in [-0.2, -0.15) is 0 Å². The van der Waals surface area contributed by atoms with Gasteiger partial charge in [0.05, 0.1) is 0 Å². The smallest absolute Gasteiger partial charge is 0.248 e. The first-order valence-corrected chi connectivity index (χ1v) is 10.5. The minimum atomic E-state index is -0.327. The molecule has 1 aliphatic carbocycles. The van der Waals surface area contributed by atoms with Gasteiger partial charge < -0.3 is 20.7 Å². The SMILES string of the molecule is C=CC(=O)Nc1cccc(Nc2cc(Nc3ccc(OC4=CC=CC(C)C4)cc3)ncn2)n1. The van der Waals surface area contributed by atoms with E-state index < -0.39 is 0 Å². The molecule has 0 radical (unpaired) electrons. The van der Waals surface area contributed by atoms with Crippen molar-refractivity contribution in [2.75, 3.05) is 16.0 Å². The van der Waals surface area contributed by atoms with Crippen LogP contribution in [0.25, 0.3) is 0 Å². The molecule has 2 heterocycles. The van der Waals surface area contributed by atoms with E-state index in [0.29, 0.717) is 29.2 Å². The number of hydrogen-bond acceptors (Lipinski definition) is 7. The largest absolute Gasteiger partial charge is 0.462 e. The Morgan fingerprint density at radius 1 is 1.06 bits per heavy atom. The molecule has 3 aromatic rings. The normalized spacial score (nSPS) is 14.7. The molecule has 0 aliphatic heterocycles. The van der Waals surface area contributed by atoms with Crippen molar-refractivity contribution in [2.45, 2.75) is 13.3 Å². The lowest BCUT2D eigenvalue weighted by Crippen LogP contribution is -2.09. The van der Waals surface area contributed by atoms with Gasteiger partial charge in [0.1, 0.15) is 41.1 Å². The quantitative estimate of drug-likeness (QED) is 0.406. The fourth-order valence-electron chi connectivity index (χ4n) is 3.16. The molecular formula is C25H24N6O2. The van der Waals surface area contributed by atoms with Crippen LogP contribution in [0.1, 0.15) is 13.3 Å². The first kappa shape index (κ1) is 21.8. The Kier molecular flexibility index (Phi) is 6.75. The Morgan fingerprint density at radius 2 is 1.82 bits per heavy atom. The van der Waals surface area contributed by atoms with E-state index in [1.165, 1.54) is 12.4 Å². The first-order chi connectivity index (χ1) is 16.1. The summed E-state index contributed by atoms with van der Waals surface area (Å²) in [6, 6.07) is 14.7. The number of carbonyl (C=O) groups is 1. The minimum absolute atomic E-state index is 0.327. The molecule has 33 heavy (non-hydrogen) atoms. The van der Waals surface area contributed by atoms with E-state index in [1.807, 2.05) is 36.4 Å². The summed E-state index contributed by atoms with van der Waals surface area (Å²) in [5.74, 6) is 4.01. The van der Waals surface area contributed by atoms with E-state index in [4.69, 9.17) is 4.74 Å². The van der Waals surface area contributed by atoms with Gasteiger partial charge in [-0.15, -0.1) is 0 Å². The molecule has 0 saturated carbocycles. The summed E-state index contributed by atoms with van der Waals surface area (Å²) < 4.78 is 5.97. The average Bonchev–Trinajstić information content (AvgIpc) is 2.81. The van der Waals surface area contributed by atoms with Crippen molar-refractivity contribution in [3.63, 3.8) is 0 Å². The Labute approximate surface area is 192 Å². The Bertz CT molecular complexity index is 1200. The highest BCUT2D eigenvalue weighted by Crippen LogP contribution is 2.25. The lowest BCUT2D eigenvalue weighted by Gasteiger charge is -2.15. The average molecular weight is 441 g/mol. The molecule has 0 saturated heterocycles. The number of benzene rings is 1. The van der Waals surface area contributed by atoms with Gasteiger partial charge in [0.25, 0.3) is 0 Å². The zero-order chi connectivity index (χ0) is 23.0. The first-order valence-electron chi connectivity index (χ1n) is 10.5. The third-order valence-electron chi connectivity index (χ3n) is 4.73. The number of hydrogen-bond donors (Lipinski definition) is 3. The summed E-state index contributed by atoms with van der Waals surface area (Å²) in [4.78, 5) is 24.3. The fraction of sp³-hybridized carbons (Fsp3) is 0.120. The van der Waals surface area contributed by atoms with Gasteiger partial charge in [-0.1, -0.05) is 31.7 Å². The number of ether oxygens (including phenoxy) is 1. The van der Waals surface area contributed by atoms with Gasteiger partial charge in [-0.05, 0) is 54.5 Å². The monoisotopic (exact) mass is 440 g/mol. The van der Waals surface area contributed by atoms with Crippen molar-refractivity contribution >= 4 is 34.9 Å². The number of aromatic nitrogens is 3. The maximum Gasteiger partial charge on any atom is 0.248 e. The second-order valence-electron chi connectivity index (χ2n) is 7.47. The van der Waals surface area contributed by atoms with Gasteiger partial charge in [-0.25, -0.2) is 15.0 Å². The standard InChI is InChI=1S/C25H24N6O2/c1-3-25(32)31-22-9-5-8-21(29-22)30-24-15-23(26-16-27-24)28-18-10-12-19(13-11-18)33-20-7-4-6-17(2)14-20/h3-13,15-17H,1,14H2,2H3,(H3,26,27,28,29,30,31,32). The van der Waals surface area contributed by atoms with Crippen molar-refractivity contribution in [2.24, 2.45) is 5.92 Å². The number of carbonyl (C=O) groups excluding carboxylic acids is 1. The maximum atomic E-state index is 11.5. The molecule has 3 N–H and O–H groups in total. The second-order valence-corrected chi connectivity index (χ2v) is 7.47. The Hall–Kier alpha value is -4.46. The molecule has 0 fully saturated rings. The maximum absolute atomic E-state index is 11.5. The lowest BCUT2D eigenvalue weighted by atomic mass is 10.0. The summed E-state index contributed by atoms with van der Waals surface area (Å²) in [6.45, 7) is 5.60. The lowest BCUT2D eigenvalue weighted by molar-refractivity contribution is -0.111. The molecule has 4 rings (SSSR count). The summed E-state index contributed by atoms with van der Waals surface area (Å²) in [5, 5.41) is 8.98. The van der Waals surface area contributed by atoms with E-state index >= 15 is 0 Å². The van der Waals surface area contributed by atoms with Crippen LogP contribution in [0.4, 0.5) is 29.0 Å². The predicted molar refractivity (Wildman–Crippen MR) is 130 cm³/mol. The summed E-state index contributed by atoms with van der Waals surface area (Å²) >= 11 is 0. The Balaban J connectivity index is 1.39. The van der Waals surface area contributed by atoms with Gasteiger partial charge >= 0.3 is 0 Å². The second kappa shape index (κ2) is 10.2. The van der Waals surface area contributed by atoms with Crippen molar-refractivity contribution in [1.82, 2.24) is 15.0 Å². The van der Waals surface area contributed by atoms with E-state index in [-0.39, 0.29) is 5.91 Å². The molecule has 8 nitrogen and oxygen atoms in total. The summed E-state index contributed by atoms with van der Waals surface area (Å²) in [5.41, 5.74) is 0.866. The number of anilines is 5. The van der Waals surface area contributed by atoms with Crippen LogP contribution in [0.5, 0.6) is 5.75 Å². The van der Waals surface area contributed by atoms with Crippen molar-refractivity contribution in [1.29, 1.82) is 0 Å². The predicted octanol–water partition coefficient (Wildman–Crippen LogP) is 5.34. The number of pyridine rings is 1. The van der Waals surface area contributed by atoms with Crippen LogP contribution < -0.4 is 20.7 Å². The van der Waals surface area contributed by atoms with Crippen molar-refractivity contribution in [3.8, 4) is 5.75 Å². The number of rotatable bonds is 8. The number of nitrogens with zero attached hydrogens (tertiary/aromatic N) is 3. The van der Waals surface area contributed by atoms with E-state index in [2.05, 4.69) is 50.5 Å². The van der Waals surface area contributed by atoms with Crippen LogP contribution in [-0.2, 0) is 4.79 Å². The van der Waals surface area contributed by atoms with Crippen LogP contribution in [0.15, 0.2) is 91.5 Å². The van der Waals surface area contributed by atoms with Crippen LogP contribution in [0.3, 0.4) is 0 Å². The van der Waals surface area contributed by atoms with Gasteiger partial charge in [0.2, 0.25) is 5.91 Å². The van der Waals surface area contributed by atoms with E-state index in [0.717, 1.165) is 23.6 Å². The molecular weight excluding hydrogens is 416 g/mol. The molecule has 8 heteroatoms. The topological polar surface area (TPSA) is 101 Å². The molecule has 0 spiro atoms. The third kappa shape index (κ3) is 6.27. The van der Waals surface area contributed by atoms with Crippen molar-refractivity contribution < 1.29 is 9.53 Å². The van der Waals surface area contributed by atoms with Crippen molar-refractivity contribution in [3.05, 3.63) is 91.5 Å². The highest BCUT2D eigenvalue weighted by Gasteiger charge is 2.09. The molecule has 166 valence electrons. The van der Waals surface area contributed by atoms with Crippen LogP contribution in [0, 0.1) is 5.92 Å². The number of allylic oxidation sites excluding steroid dienone is 4. The molecule has 0 bridgehead atoms. The molecule has 1 amide bonds. The fourth-order valence-corrected chi connectivity index (χ4v) is 3.16. The van der Waals surface area contributed by atoms with Crippen LogP contribution in [0.2, 0.25) is 0 Å². The molecule has 1 aliphatic rings. The molecule has 1 unspecified atom stereocenters. The highest BCUT2D eigenvalue weighted by atomic mass is 16.5. The van der Waals surface area contributed by atoms with E-state index in [1.54, 1.807) is 24.3 Å². The van der Waals surface area contributed by atoms with Gasteiger partial charge in [-0.3, -0.25) is 4.79 Å². The zero-order valence-corrected chi connectivity index (χ0v) is 18.2.